The molecule has 3 rings (SSSR count). The number of hydrogen-bond donors (Lipinski definition) is 2. The maximum absolute atomic E-state index is 14.4. The Labute approximate surface area is 166 Å². The molecule has 0 radical (unpaired) electrons. The van der Waals surface area contributed by atoms with E-state index in [0.29, 0.717) is 11.3 Å². The normalized spacial score (nSPS) is 10.7. The zero-order valence-electron chi connectivity index (χ0n) is 15.6. The molecule has 6 heteroatoms. The summed E-state index contributed by atoms with van der Waals surface area (Å²) in [4.78, 5) is 23.3. The molecule has 0 fully saturated rings. The first kappa shape index (κ1) is 19.9. The standard InChI is InChI=1S/C23H18F2N2O2/c1-15(28)26-19-10-7-16(8-11-19)9-12-22(29)27-23-20(13-18(24)14-21(23)25)17-5-3-2-4-6-17/h2-14H,1H3,(H,26,28)(H,27,29)/b12-9+. The number of halogens is 2. The zero-order valence-corrected chi connectivity index (χ0v) is 15.6. The predicted octanol–water partition coefficient (Wildman–Crippen LogP) is 5.24. The maximum Gasteiger partial charge on any atom is 0.248 e. The van der Waals surface area contributed by atoms with Crippen LogP contribution in [0.15, 0.2) is 72.8 Å². The summed E-state index contributed by atoms with van der Waals surface area (Å²) < 4.78 is 28.1. The van der Waals surface area contributed by atoms with Crippen molar-refractivity contribution >= 4 is 29.3 Å². The molecule has 0 heterocycles. The van der Waals surface area contributed by atoms with Gasteiger partial charge in [0.25, 0.3) is 0 Å². The van der Waals surface area contributed by atoms with E-state index >= 15 is 0 Å². The van der Waals surface area contributed by atoms with Crippen LogP contribution in [0.5, 0.6) is 0 Å². The van der Waals surface area contributed by atoms with Crippen molar-refractivity contribution in [1.82, 2.24) is 0 Å². The lowest BCUT2D eigenvalue weighted by molar-refractivity contribution is -0.114. The highest BCUT2D eigenvalue weighted by Gasteiger charge is 2.14. The van der Waals surface area contributed by atoms with Crippen molar-refractivity contribution in [1.29, 1.82) is 0 Å². The maximum atomic E-state index is 14.4. The van der Waals surface area contributed by atoms with Crippen LogP contribution in [0.1, 0.15) is 12.5 Å². The van der Waals surface area contributed by atoms with E-state index < -0.39 is 17.5 Å². The van der Waals surface area contributed by atoms with Crippen LogP contribution in [0.2, 0.25) is 0 Å². The van der Waals surface area contributed by atoms with E-state index in [1.165, 1.54) is 19.1 Å². The topological polar surface area (TPSA) is 58.2 Å². The Morgan fingerprint density at radius 3 is 2.24 bits per heavy atom. The van der Waals surface area contributed by atoms with Crippen molar-refractivity contribution in [2.24, 2.45) is 0 Å². The fourth-order valence-corrected chi connectivity index (χ4v) is 2.76. The number of anilines is 2. The second-order valence-electron chi connectivity index (χ2n) is 6.30. The van der Waals surface area contributed by atoms with Gasteiger partial charge in [-0.05, 0) is 35.4 Å². The van der Waals surface area contributed by atoms with Gasteiger partial charge in [-0.15, -0.1) is 0 Å². The van der Waals surface area contributed by atoms with Gasteiger partial charge in [0.15, 0.2) is 0 Å². The quantitative estimate of drug-likeness (QED) is 0.583. The number of benzene rings is 3. The molecular weight excluding hydrogens is 374 g/mol. The molecule has 2 N–H and O–H groups in total. The van der Waals surface area contributed by atoms with Crippen LogP contribution in [0.25, 0.3) is 17.2 Å². The molecule has 2 amide bonds. The van der Waals surface area contributed by atoms with E-state index in [1.807, 2.05) is 0 Å². The monoisotopic (exact) mass is 392 g/mol. The van der Waals surface area contributed by atoms with Crippen molar-refractivity contribution in [2.75, 3.05) is 10.6 Å². The highest BCUT2D eigenvalue weighted by Crippen LogP contribution is 2.31. The summed E-state index contributed by atoms with van der Waals surface area (Å²) in [6.07, 6.45) is 2.81. The summed E-state index contributed by atoms with van der Waals surface area (Å²) in [6.45, 7) is 1.41. The summed E-state index contributed by atoms with van der Waals surface area (Å²) in [6, 6.07) is 17.4. The first-order chi connectivity index (χ1) is 13.9. The molecule has 0 saturated heterocycles. The predicted molar refractivity (Wildman–Crippen MR) is 110 cm³/mol. The zero-order chi connectivity index (χ0) is 20.8. The van der Waals surface area contributed by atoms with Gasteiger partial charge in [-0.3, -0.25) is 9.59 Å². The smallest absolute Gasteiger partial charge is 0.248 e. The molecule has 3 aromatic rings. The molecule has 0 saturated carbocycles. The van der Waals surface area contributed by atoms with Crippen LogP contribution in [-0.2, 0) is 9.59 Å². The molecule has 0 atom stereocenters. The van der Waals surface area contributed by atoms with Crippen molar-refractivity contribution in [3.05, 3.63) is 90.0 Å². The van der Waals surface area contributed by atoms with Gasteiger partial charge in [-0.1, -0.05) is 42.5 Å². The Kier molecular flexibility index (Phi) is 6.14. The van der Waals surface area contributed by atoms with Crippen molar-refractivity contribution in [3.63, 3.8) is 0 Å². The van der Waals surface area contributed by atoms with Gasteiger partial charge >= 0.3 is 0 Å². The third kappa shape index (κ3) is 5.35. The number of amides is 2. The molecule has 0 aliphatic heterocycles. The summed E-state index contributed by atoms with van der Waals surface area (Å²) in [5.41, 5.74) is 2.11. The molecular formula is C23H18F2N2O2. The summed E-state index contributed by atoms with van der Waals surface area (Å²) in [5.74, 6) is -2.32. The van der Waals surface area contributed by atoms with E-state index in [1.54, 1.807) is 60.7 Å². The molecule has 0 bridgehead atoms. The minimum absolute atomic E-state index is 0.0896. The van der Waals surface area contributed by atoms with Gasteiger partial charge in [0.1, 0.15) is 11.6 Å². The van der Waals surface area contributed by atoms with Gasteiger partial charge in [-0.2, -0.15) is 0 Å². The average Bonchev–Trinajstić information content (AvgIpc) is 2.69. The first-order valence-electron chi connectivity index (χ1n) is 8.83. The molecule has 146 valence electrons. The highest BCUT2D eigenvalue weighted by molar-refractivity contribution is 6.04. The number of carbonyl (C=O) groups excluding carboxylic acids is 2. The van der Waals surface area contributed by atoms with Crippen LogP contribution in [0.3, 0.4) is 0 Å². The molecule has 3 aromatic carbocycles. The summed E-state index contributed by atoms with van der Waals surface area (Å²) in [5, 5.41) is 5.14. The Morgan fingerprint density at radius 1 is 0.897 bits per heavy atom. The number of hydrogen-bond acceptors (Lipinski definition) is 2. The SMILES string of the molecule is CC(=O)Nc1ccc(/C=C/C(=O)Nc2c(F)cc(F)cc2-c2ccccc2)cc1. The Morgan fingerprint density at radius 2 is 1.59 bits per heavy atom. The lowest BCUT2D eigenvalue weighted by Crippen LogP contribution is -2.11. The van der Waals surface area contributed by atoms with Crippen LogP contribution >= 0.6 is 0 Å². The molecule has 4 nitrogen and oxygen atoms in total. The highest BCUT2D eigenvalue weighted by atomic mass is 19.1. The minimum Gasteiger partial charge on any atom is -0.326 e. The molecule has 0 aromatic heterocycles. The van der Waals surface area contributed by atoms with Gasteiger partial charge in [0.05, 0.1) is 5.69 Å². The fourth-order valence-electron chi connectivity index (χ4n) is 2.76. The second kappa shape index (κ2) is 8.93. The van der Waals surface area contributed by atoms with Crippen LogP contribution in [0, 0.1) is 11.6 Å². The molecule has 0 spiro atoms. The molecule has 0 unspecified atom stereocenters. The van der Waals surface area contributed by atoms with Crippen molar-refractivity contribution in [2.45, 2.75) is 6.92 Å². The van der Waals surface area contributed by atoms with Crippen molar-refractivity contribution in [3.8, 4) is 11.1 Å². The fraction of sp³-hybridized carbons (Fsp3) is 0.0435. The molecule has 29 heavy (non-hydrogen) atoms. The van der Waals surface area contributed by atoms with Crippen LogP contribution in [0.4, 0.5) is 20.2 Å². The first-order valence-corrected chi connectivity index (χ1v) is 8.83. The number of nitrogens with one attached hydrogen (secondary N) is 2. The second-order valence-corrected chi connectivity index (χ2v) is 6.30. The lowest BCUT2D eigenvalue weighted by atomic mass is 10.0. The van der Waals surface area contributed by atoms with E-state index in [0.717, 1.165) is 11.6 Å². The minimum atomic E-state index is -0.856. The third-order valence-electron chi connectivity index (χ3n) is 4.05. The molecule has 0 aliphatic carbocycles. The van der Waals surface area contributed by atoms with Gasteiger partial charge in [-0.25, -0.2) is 8.78 Å². The summed E-state index contributed by atoms with van der Waals surface area (Å²) >= 11 is 0. The lowest BCUT2D eigenvalue weighted by Gasteiger charge is -2.12. The van der Waals surface area contributed by atoms with E-state index in [2.05, 4.69) is 10.6 Å². The number of carbonyl (C=O) groups is 2. The Balaban J connectivity index is 1.79. The Bertz CT molecular complexity index is 1060. The third-order valence-corrected chi connectivity index (χ3v) is 4.05. The Hall–Kier alpha value is -3.80. The van der Waals surface area contributed by atoms with Crippen LogP contribution in [-0.4, -0.2) is 11.8 Å². The summed E-state index contributed by atoms with van der Waals surface area (Å²) in [7, 11) is 0. The van der Waals surface area contributed by atoms with Crippen LogP contribution < -0.4 is 10.6 Å². The average molecular weight is 392 g/mol. The largest absolute Gasteiger partial charge is 0.326 e. The van der Waals surface area contributed by atoms with E-state index in [9.17, 15) is 18.4 Å². The van der Waals surface area contributed by atoms with Gasteiger partial charge in [0.2, 0.25) is 11.8 Å². The van der Waals surface area contributed by atoms with E-state index in [4.69, 9.17) is 0 Å². The van der Waals surface area contributed by atoms with Gasteiger partial charge in [0, 0.05) is 30.3 Å². The van der Waals surface area contributed by atoms with E-state index in [-0.39, 0.29) is 17.2 Å². The number of rotatable bonds is 5. The van der Waals surface area contributed by atoms with Crippen molar-refractivity contribution < 1.29 is 18.4 Å². The van der Waals surface area contributed by atoms with Gasteiger partial charge < -0.3 is 10.6 Å². The molecule has 0 aliphatic rings.